The molecule has 0 fully saturated rings. The number of nitrogens with one attached hydrogen (secondary N) is 1. The first-order chi connectivity index (χ1) is 13.5. The molecule has 28 heavy (non-hydrogen) atoms. The van der Waals surface area contributed by atoms with E-state index in [2.05, 4.69) is 20.7 Å². The normalized spacial score (nSPS) is 10.8. The topological polar surface area (TPSA) is 64.1 Å². The summed E-state index contributed by atoms with van der Waals surface area (Å²) in [7, 11) is 1.66. The molecule has 0 aliphatic heterocycles. The minimum absolute atomic E-state index is 0.0297. The van der Waals surface area contributed by atoms with E-state index in [0.29, 0.717) is 11.4 Å². The van der Waals surface area contributed by atoms with E-state index in [9.17, 15) is 4.79 Å². The van der Waals surface area contributed by atoms with Crippen LogP contribution in [0.4, 0.5) is 11.5 Å². The van der Waals surface area contributed by atoms with Crippen molar-refractivity contribution in [3.8, 4) is 16.9 Å². The molecule has 0 bridgehead atoms. The second kappa shape index (κ2) is 7.40. The summed E-state index contributed by atoms with van der Waals surface area (Å²) in [5.74, 6) is 2.27. The number of Topliss-reactive ketones (excluding diaryl/α,β-unsaturated/α-hetero) is 1. The van der Waals surface area contributed by atoms with Crippen molar-refractivity contribution in [1.82, 2.24) is 9.97 Å². The van der Waals surface area contributed by atoms with E-state index in [-0.39, 0.29) is 5.78 Å². The number of aromatic nitrogens is 2. The fourth-order valence-electron chi connectivity index (χ4n) is 3.07. The van der Waals surface area contributed by atoms with Crippen molar-refractivity contribution in [3.05, 3.63) is 65.3 Å². The number of carbonyl (C=O) groups excluding carboxylic acids is 1. The summed E-state index contributed by atoms with van der Waals surface area (Å²) in [4.78, 5) is 21.9. The van der Waals surface area contributed by atoms with E-state index in [0.717, 1.165) is 38.6 Å². The van der Waals surface area contributed by atoms with Gasteiger partial charge in [-0.05, 0) is 43.7 Å². The lowest BCUT2D eigenvalue weighted by Crippen LogP contribution is -2.00. The first-order valence-electron chi connectivity index (χ1n) is 8.83. The minimum Gasteiger partial charge on any atom is -0.497 e. The molecule has 0 amide bonds. The molecule has 0 radical (unpaired) electrons. The molecule has 0 aliphatic rings. The second-order valence-corrected chi connectivity index (χ2v) is 7.30. The van der Waals surface area contributed by atoms with Gasteiger partial charge in [0.15, 0.2) is 5.78 Å². The molecule has 0 atom stereocenters. The molecule has 4 rings (SSSR count). The number of fused-ring (bicyclic) bond motifs is 1. The van der Waals surface area contributed by atoms with Crippen LogP contribution in [0.3, 0.4) is 0 Å². The smallest absolute Gasteiger partial charge is 0.159 e. The third kappa shape index (κ3) is 3.46. The fourth-order valence-corrected chi connectivity index (χ4v) is 4.07. The maximum Gasteiger partial charge on any atom is 0.159 e. The Hall–Kier alpha value is -3.25. The molecule has 6 heteroatoms. The Balaban J connectivity index is 1.82. The lowest BCUT2D eigenvalue weighted by atomic mass is 10.1. The molecule has 0 saturated carbocycles. The van der Waals surface area contributed by atoms with Crippen molar-refractivity contribution < 1.29 is 9.53 Å². The van der Waals surface area contributed by atoms with E-state index in [1.807, 2.05) is 55.5 Å². The zero-order valence-corrected chi connectivity index (χ0v) is 16.6. The second-order valence-electron chi connectivity index (χ2n) is 6.44. The number of rotatable bonds is 5. The Morgan fingerprint density at radius 2 is 1.89 bits per heavy atom. The van der Waals surface area contributed by atoms with Gasteiger partial charge < -0.3 is 10.1 Å². The van der Waals surface area contributed by atoms with Crippen LogP contribution in [0.25, 0.3) is 21.3 Å². The van der Waals surface area contributed by atoms with Gasteiger partial charge in [-0.3, -0.25) is 4.79 Å². The van der Waals surface area contributed by atoms with Crippen LogP contribution in [0, 0.1) is 6.92 Å². The maximum atomic E-state index is 11.7. The van der Waals surface area contributed by atoms with Crippen LogP contribution in [0.5, 0.6) is 5.75 Å². The van der Waals surface area contributed by atoms with Crippen LogP contribution < -0.4 is 10.1 Å². The Morgan fingerprint density at radius 3 is 2.61 bits per heavy atom. The SMILES string of the molecule is COc1ccc(-c2csc3nc(C)nc(Nc4cccc(C(C)=O)c4)c23)cc1. The van der Waals surface area contributed by atoms with E-state index in [4.69, 9.17) is 4.74 Å². The Labute approximate surface area is 167 Å². The van der Waals surface area contributed by atoms with Gasteiger partial charge in [-0.1, -0.05) is 24.3 Å². The highest BCUT2D eigenvalue weighted by Crippen LogP contribution is 2.38. The van der Waals surface area contributed by atoms with Gasteiger partial charge in [-0.25, -0.2) is 9.97 Å². The van der Waals surface area contributed by atoms with Crippen molar-refractivity contribution in [3.63, 3.8) is 0 Å². The zero-order valence-electron chi connectivity index (χ0n) is 15.8. The molecule has 0 spiro atoms. The van der Waals surface area contributed by atoms with Gasteiger partial charge in [-0.15, -0.1) is 11.3 Å². The number of ketones is 1. The largest absolute Gasteiger partial charge is 0.497 e. The van der Waals surface area contributed by atoms with Gasteiger partial charge in [0.2, 0.25) is 0 Å². The van der Waals surface area contributed by atoms with Crippen LogP contribution in [-0.2, 0) is 0 Å². The zero-order chi connectivity index (χ0) is 19.7. The van der Waals surface area contributed by atoms with Crippen LogP contribution in [0.15, 0.2) is 53.9 Å². The molecular weight excluding hydrogens is 370 g/mol. The number of ether oxygens (including phenoxy) is 1. The number of methoxy groups -OCH3 is 1. The van der Waals surface area contributed by atoms with Gasteiger partial charge in [0.05, 0.1) is 12.5 Å². The highest BCUT2D eigenvalue weighted by atomic mass is 32.1. The van der Waals surface area contributed by atoms with E-state index >= 15 is 0 Å². The number of aryl methyl sites for hydroxylation is 1. The first-order valence-corrected chi connectivity index (χ1v) is 9.71. The molecule has 2 aromatic carbocycles. The number of nitrogens with zero attached hydrogens (tertiary/aromatic N) is 2. The molecule has 4 aromatic rings. The van der Waals surface area contributed by atoms with Crippen LogP contribution in [0.2, 0.25) is 0 Å². The average Bonchev–Trinajstić information content (AvgIpc) is 3.12. The van der Waals surface area contributed by atoms with Gasteiger partial charge in [-0.2, -0.15) is 0 Å². The molecule has 140 valence electrons. The molecular formula is C22H19N3O2S. The van der Waals surface area contributed by atoms with E-state index < -0.39 is 0 Å². The van der Waals surface area contributed by atoms with Crippen molar-refractivity contribution in [2.45, 2.75) is 13.8 Å². The summed E-state index contributed by atoms with van der Waals surface area (Å²) in [6, 6.07) is 15.4. The molecule has 2 aromatic heterocycles. The van der Waals surface area contributed by atoms with Gasteiger partial charge >= 0.3 is 0 Å². The van der Waals surface area contributed by atoms with Crippen molar-refractivity contribution >= 4 is 38.8 Å². The lowest BCUT2D eigenvalue weighted by Gasteiger charge is -2.11. The summed E-state index contributed by atoms with van der Waals surface area (Å²) in [6.45, 7) is 3.44. The van der Waals surface area contributed by atoms with Crippen molar-refractivity contribution in [2.75, 3.05) is 12.4 Å². The summed E-state index contributed by atoms with van der Waals surface area (Å²) in [5, 5.41) is 6.44. The van der Waals surface area contributed by atoms with Gasteiger partial charge in [0.25, 0.3) is 0 Å². The number of carbonyl (C=O) groups is 1. The minimum atomic E-state index is 0.0297. The van der Waals surface area contributed by atoms with Gasteiger partial charge in [0, 0.05) is 22.2 Å². The number of thiophene rings is 1. The summed E-state index contributed by atoms with van der Waals surface area (Å²) >= 11 is 1.59. The molecule has 0 unspecified atom stereocenters. The first kappa shape index (κ1) is 18.1. The summed E-state index contributed by atoms with van der Waals surface area (Å²) in [5.41, 5.74) is 3.61. The number of benzene rings is 2. The van der Waals surface area contributed by atoms with Crippen LogP contribution in [-0.4, -0.2) is 22.9 Å². The van der Waals surface area contributed by atoms with Crippen LogP contribution >= 0.6 is 11.3 Å². The summed E-state index contributed by atoms with van der Waals surface area (Å²) in [6.07, 6.45) is 0. The third-order valence-electron chi connectivity index (χ3n) is 4.48. The highest BCUT2D eigenvalue weighted by molar-refractivity contribution is 7.17. The molecule has 2 heterocycles. The quantitative estimate of drug-likeness (QED) is 0.449. The molecule has 0 aliphatic carbocycles. The molecule has 5 nitrogen and oxygen atoms in total. The van der Waals surface area contributed by atoms with Crippen molar-refractivity contribution in [2.24, 2.45) is 0 Å². The van der Waals surface area contributed by atoms with Crippen molar-refractivity contribution in [1.29, 1.82) is 0 Å². The standard InChI is InChI=1S/C22H19N3O2S/c1-13(26)16-5-4-6-17(11-16)25-21-20-19(12-28-22(20)24-14(2)23-21)15-7-9-18(27-3)10-8-15/h4-12H,1-3H3,(H,23,24,25). The lowest BCUT2D eigenvalue weighted by molar-refractivity contribution is 0.101. The van der Waals surface area contributed by atoms with E-state index in [1.54, 1.807) is 25.4 Å². The number of hydrogen-bond donors (Lipinski definition) is 1. The van der Waals surface area contributed by atoms with E-state index in [1.165, 1.54) is 0 Å². The Bertz CT molecular complexity index is 1170. The predicted molar refractivity (Wildman–Crippen MR) is 114 cm³/mol. The monoisotopic (exact) mass is 389 g/mol. The van der Waals surface area contributed by atoms with Gasteiger partial charge in [0.1, 0.15) is 22.2 Å². The number of anilines is 2. The number of hydrogen-bond acceptors (Lipinski definition) is 6. The Morgan fingerprint density at radius 1 is 1.11 bits per heavy atom. The molecule has 1 N–H and O–H groups in total. The third-order valence-corrected chi connectivity index (χ3v) is 5.35. The highest BCUT2D eigenvalue weighted by Gasteiger charge is 2.15. The maximum absolute atomic E-state index is 11.7. The Kier molecular flexibility index (Phi) is 4.79. The predicted octanol–water partition coefficient (Wildman–Crippen LogP) is 5.62. The fraction of sp³-hybridized carbons (Fsp3) is 0.136. The summed E-state index contributed by atoms with van der Waals surface area (Å²) < 4.78 is 5.26. The average molecular weight is 389 g/mol. The van der Waals surface area contributed by atoms with Crippen LogP contribution in [0.1, 0.15) is 23.1 Å². The molecule has 0 saturated heterocycles.